The van der Waals surface area contributed by atoms with Crippen LogP contribution in [0.4, 0.5) is 0 Å². The molecule has 2 heterocycles. The Bertz CT molecular complexity index is 277. The van der Waals surface area contributed by atoms with Crippen LogP contribution in [0.25, 0.3) is 0 Å². The monoisotopic (exact) mass is 182 g/mol. The zero-order chi connectivity index (χ0) is 9.64. The van der Waals surface area contributed by atoms with Crippen LogP contribution in [0.5, 0.6) is 0 Å². The second-order valence-electron chi connectivity index (χ2n) is 4.16. The maximum absolute atomic E-state index is 11.6. The number of likely N-dealkylation sites (N-methyl/N-ethyl adjacent to an activating group) is 1. The second kappa shape index (κ2) is 2.54. The molecule has 0 saturated carbocycles. The highest BCUT2D eigenvalue weighted by atomic mass is 16.2. The zero-order valence-electron chi connectivity index (χ0n) is 8.04. The lowest BCUT2D eigenvalue weighted by atomic mass is 9.95. The predicted molar refractivity (Wildman–Crippen MR) is 47.2 cm³/mol. The number of rotatable bonds is 0. The molecule has 0 spiro atoms. The first-order chi connectivity index (χ1) is 6.04. The molecule has 4 heteroatoms. The van der Waals surface area contributed by atoms with E-state index in [2.05, 4.69) is 4.90 Å². The minimum atomic E-state index is -0.538. The van der Waals surface area contributed by atoms with Crippen molar-refractivity contribution in [1.29, 1.82) is 0 Å². The van der Waals surface area contributed by atoms with Crippen LogP contribution in [0, 0.1) is 0 Å². The highest BCUT2D eigenvalue weighted by Gasteiger charge is 2.50. The molecular weight excluding hydrogens is 168 g/mol. The van der Waals surface area contributed by atoms with E-state index in [1.165, 1.54) is 0 Å². The Morgan fingerprint density at radius 1 is 1.31 bits per heavy atom. The van der Waals surface area contributed by atoms with Gasteiger partial charge in [-0.25, -0.2) is 0 Å². The van der Waals surface area contributed by atoms with Gasteiger partial charge in [0.15, 0.2) is 5.78 Å². The standard InChI is InChI=1S/C9H14N2O2/c1-9-6-10(2)3-4-11(9)8(13)5-7(9)12/h3-6H2,1-2H3. The van der Waals surface area contributed by atoms with Gasteiger partial charge in [-0.05, 0) is 14.0 Å². The molecule has 4 nitrogen and oxygen atoms in total. The van der Waals surface area contributed by atoms with Gasteiger partial charge < -0.3 is 9.80 Å². The number of Topliss-reactive ketones (excluding diaryl/α,β-unsaturated/α-hetero) is 1. The third-order valence-electron chi connectivity index (χ3n) is 3.09. The number of amides is 1. The number of ketones is 1. The molecule has 0 aromatic carbocycles. The maximum Gasteiger partial charge on any atom is 0.231 e. The van der Waals surface area contributed by atoms with Gasteiger partial charge in [0.25, 0.3) is 0 Å². The van der Waals surface area contributed by atoms with Crippen molar-refractivity contribution in [3.63, 3.8) is 0 Å². The second-order valence-corrected chi connectivity index (χ2v) is 4.16. The van der Waals surface area contributed by atoms with Crippen molar-refractivity contribution in [1.82, 2.24) is 9.80 Å². The molecule has 2 aliphatic rings. The van der Waals surface area contributed by atoms with Crippen LogP contribution in [0.2, 0.25) is 0 Å². The van der Waals surface area contributed by atoms with Crippen molar-refractivity contribution in [3.8, 4) is 0 Å². The lowest BCUT2D eigenvalue weighted by Crippen LogP contribution is -2.60. The van der Waals surface area contributed by atoms with Gasteiger partial charge in [0, 0.05) is 19.6 Å². The average Bonchev–Trinajstić information content (AvgIpc) is 2.23. The SMILES string of the molecule is CN1CCN2C(=O)CC(=O)C2(C)C1. The molecule has 72 valence electrons. The normalized spacial score (nSPS) is 35.4. The van der Waals surface area contributed by atoms with Gasteiger partial charge in [-0.15, -0.1) is 0 Å². The van der Waals surface area contributed by atoms with Crippen LogP contribution >= 0.6 is 0 Å². The molecule has 2 aliphatic heterocycles. The van der Waals surface area contributed by atoms with E-state index in [-0.39, 0.29) is 18.1 Å². The summed E-state index contributed by atoms with van der Waals surface area (Å²) < 4.78 is 0. The molecule has 2 rings (SSSR count). The van der Waals surface area contributed by atoms with Gasteiger partial charge >= 0.3 is 0 Å². The number of hydrogen-bond donors (Lipinski definition) is 0. The van der Waals surface area contributed by atoms with Gasteiger partial charge in [-0.2, -0.15) is 0 Å². The van der Waals surface area contributed by atoms with Gasteiger partial charge in [-0.3, -0.25) is 9.59 Å². The van der Waals surface area contributed by atoms with E-state index in [1.54, 1.807) is 4.90 Å². The molecular formula is C9H14N2O2. The number of nitrogens with zero attached hydrogens (tertiary/aromatic N) is 2. The Morgan fingerprint density at radius 2 is 2.00 bits per heavy atom. The maximum atomic E-state index is 11.6. The van der Waals surface area contributed by atoms with Crippen LogP contribution in [0.3, 0.4) is 0 Å². The van der Waals surface area contributed by atoms with E-state index < -0.39 is 5.54 Å². The highest BCUT2D eigenvalue weighted by molar-refractivity contribution is 6.10. The molecule has 0 N–H and O–H groups in total. The topological polar surface area (TPSA) is 40.6 Å². The van der Waals surface area contributed by atoms with Crippen molar-refractivity contribution in [2.75, 3.05) is 26.7 Å². The Labute approximate surface area is 77.5 Å². The van der Waals surface area contributed by atoms with E-state index in [4.69, 9.17) is 0 Å². The van der Waals surface area contributed by atoms with Crippen molar-refractivity contribution in [2.45, 2.75) is 18.9 Å². The van der Waals surface area contributed by atoms with Crippen molar-refractivity contribution in [2.24, 2.45) is 0 Å². The van der Waals surface area contributed by atoms with E-state index in [0.29, 0.717) is 13.1 Å². The van der Waals surface area contributed by atoms with Crippen LogP contribution in [-0.2, 0) is 9.59 Å². The molecule has 1 unspecified atom stereocenters. The first-order valence-corrected chi connectivity index (χ1v) is 4.56. The molecule has 0 aromatic heterocycles. The highest BCUT2D eigenvalue weighted by Crippen LogP contribution is 2.29. The molecule has 0 radical (unpaired) electrons. The fourth-order valence-electron chi connectivity index (χ4n) is 2.27. The van der Waals surface area contributed by atoms with Crippen LogP contribution in [0.1, 0.15) is 13.3 Å². The molecule has 13 heavy (non-hydrogen) atoms. The Hall–Kier alpha value is -0.900. The molecule has 0 bridgehead atoms. The first kappa shape index (κ1) is 8.69. The number of piperazine rings is 1. The minimum absolute atomic E-state index is 0.000556. The van der Waals surface area contributed by atoms with Crippen LogP contribution in [-0.4, -0.2) is 53.7 Å². The third kappa shape index (κ3) is 1.09. The fourth-order valence-corrected chi connectivity index (χ4v) is 2.27. The molecule has 1 amide bonds. The predicted octanol–water partition coefficient (Wildman–Crippen LogP) is -0.508. The first-order valence-electron chi connectivity index (χ1n) is 4.56. The fraction of sp³-hybridized carbons (Fsp3) is 0.778. The van der Waals surface area contributed by atoms with Crippen molar-refractivity contribution < 1.29 is 9.59 Å². The summed E-state index contributed by atoms with van der Waals surface area (Å²) in [5.41, 5.74) is -0.538. The number of fused-ring (bicyclic) bond motifs is 1. The van der Waals surface area contributed by atoms with E-state index in [0.717, 1.165) is 6.54 Å². The van der Waals surface area contributed by atoms with E-state index >= 15 is 0 Å². The number of carbonyl (C=O) groups is 2. The number of carbonyl (C=O) groups excluding carboxylic acids is 2. The van der Waals surface area contributed by atoms with Gasteiger partial charge in [0.05, 0.1) is 6.42 Å². The van der Waals surface area contributed by atoms with E-state index in [9.17, 15) is 9.59 Å². The molecule has 2 saturated heterocycles. The largest absolute Gasteiger partial charge is 0.327 e. The zero-order valence-corrected chi connectivity index (χ0v) is 8.04. The third-order valence-corrected chi connectivity index (χ3v) is 3.09. The summed E-state index contributed by atoms with van der Waals surface area (Å²) in [6, 6.07) is 0. The van der Waals surface area contributed by atoms with Crippen molar-refractivity contribution >= 4 is 11.7 Å². The lowest BCUT2D eigenvalue weighted by molar-refractivity contribution is -0.135. The molecule has 0 aromatic rings. The minimum Gasteiger partial charge on any atom is -0.327 e. The molecule has 0 aliphatic carbocycles. The smallest absolute Gasteiger partial charge is 0.231 e. The summed E-state index contributed by atoms with van der Waals surface area (Å²) in [6.45, 7) is 4.11. The van der Waals surface area contributed by atoms with E-state index in [1.807, 2.05) is 14.0 Å². The number of hydrogen-bond acceptors (Lipinski definition) is 3. The molecule has 1 atom stereocenters. The summed E-state index contributed by atoms with van der Waals surface area (Å²) in [5.74, 6) is 0.0738. The summed E-state index contributed by atoms with van der Waals surface area (Å²) in [5, 5.41) is 0. The summed E-state index contributed by atoms with van der Waals surface area (Å²) in [7, 11) is 1.98. The Kier molecular flexibility index (Phi) is 1.70. The van der Waals surface area contributed by atoms with Crippen LogP contribution in [0.15, 0.2) is 0 Å². The van der Waals surface area contributed by atoms with Gasteiger partial charge in [0.2, 0.25) is 5.91 Å². The molecule has 2 fully saturated rings. The van der Waals surface area contributed by atoms with Crippen LogP contribution < -0.4 is 0 Å². The van der Waals surface area contributed by atoms with Crippen molar-refractivity contribution in [3.05, 3.63) is 0 Å². The van der Waals surface area contributed by atoms with Gasteiger partial charge in [-0.1, -0.05) is 0 Å². The average molecular weight is 182 g/mol. The summed E-state index contributed by atoms with van der Waals surface area (Å²) >= 11 is 0. The lowest BCUT2D eigenvalue weighted by Gasteiger charge is -2.42. The Balaban J connectivity index is 2.31. The van der Waals surface area contributed by atoms with Gasteiger partial charge in [0.1, 0.15) is 5.54 Å². The summed E-state index contributed by atoms with van der Waals surface area (Å²) in [4.78, 5) is 26.9. The summed E-state index contributed by atoms with van der Waals surface area (Å²) in [6.07, 6.45) is 0.102. The Morgan fingerprint density at radius 3 is 2.69 bits per heavy atom. The quantitative estimate of drug-likeness (QED) is 0.474.